The Morgan fingerprint density at radius 3 is 0.917 bits per heavy atom. The highest BCUT2D eigenvalue weighted by Crippen LogP contribution is 2.18. The van der Waals surface area contributed by atoms with Crippen LogP contribution in [0.3, 0.4) is 0 Å². The number of hydrogen-bond donors (Lipinski definition) is 0. The molecule has 0 aliphatic rings. The zero-order valence-electron chi connectivity index (χ0n) is 17.7. The van der Waals surface area contributed by atoms with Crippen LogP contribution in [0.25, 0.3) is 0 Å². The van der Waals surface area contributed by atoms with Gasteiger partial charge in [-0.15, -0.1) is 0 Å². The second-order valence-corrected chi connectivity index (χ2v) is 8.34. The molecule has 0 aromatic rings. The zero-order valence-corrected chi connectivity index (χ0v) is 17.7. The Bertz CT molecular complexity index is 208. The van der Waals surface area contributed by atoms with Crippen molar-refractivity contribution in [3.05, 3.63) is 0 Å². The molecule has 0 spiro atoms. The van der Waals surface area contributed by atoms with Gasteiger partial charge < -0.3 is 0 Å². The van der Waals surface area contributed by atoms with E-state index in [4.69, 9.17) is 0 Å². The van der Waals surface area contributed by atoms with Crippen LogP contribution in [-0.4, -0.2) is 0 Å². The van der Waals surface area contributed by atoms with E-state index in [0.29, 0.717) is 0 Å². The molecule has 0 bridgehead atoms. The molecule has 0 heteroatoms. The van der Waals surface area contributed by atoms with Crippen molar-refractivity contribution in [1.29, 1.82) is 0 Å². The molecule has 0 amide bonds. The lowest BCUT2D eigenvalue weighted by Crippen LogP contribution is -1.95. The fourth-order valence-electron chi connectivity index (χ4n) is 3.75. The van der Waals surface area contributed by atoms with E-state index in [-0.39, 0.29) is 0 Å². The van der Waals surface area contributed by atoms with Crippen molar-refractivity contribution < 1.29 is 0 Å². The minimum absolute atomic E-state index is 0.972. The van der Waals surface area contributed by atoms with Crippen molar-refractivity contribution in [1.82, 2.24) is 0 Å². The Hall–Kier alpha value is 0. The molecule has 0 aliphatic carbocycles. The van der Waals surface area contributed by atoms with Crippen LogP contribution >= 0.6 is 0 Å². The van der Waals surface area contributed by atoms with E-state index in [1.54, 1.807) is 0 Å². The first kappa shape index (κ1) is 24.0. The Balaban J connectivity index is 3.10. The van der Waals surface area contributed by atoms with Crippen molar-refractivity contribution in [3.8, 4) is 0 Å². The van der Waals surface area contributed by atoms with E-state index in [1.165, 1.54) is 128 Å². The predicted octanol–water partition coefficient (Wildman–Crippen LogP) is 9.46. The van der Waals surface area contributed by atoms with Crippen LogP contribution in [0, 0.1) is 5.92 Å². The van der Waals surface area contributed by atoms with E-state index in [2.05, 4.69) is 20.8 Å². The number of unbranched alkanes of at least 4 members (excludes halogenated alkanes) is 16. The summed E-state index contributed by atoms with van der Waals surface area (Å²) in [6.07, 6.45) is 29.3. The molecule has 0 saturated heterocycles. The lowest BCUT2D eigenvalue weighted by Gasteiger charge is -2.11. The molecule has 1 unspecified atom stereocenters. The molecular weight excluding hydrogens is 288 g/mol. The first-order valence-corrected chi connectivity index (χ1v) is 11.8. The van der Waals surface area contributed by atoms with Gasteiger partial charge in [-0.05, 0) is 5.92 Å². The van der Waals surface area contributed by atoms with E-state index in [0.717, 1.165) is 5.92 Å². The molecule has 1 atom stereocenters. The molecule has 0 aromatic heterocycles. The maximum absolute atomic E-state index is 2.48. The first-order valence-electron chi connectivity index (χ1n) is 11.8. The van der Waals surface area contributed by atoms with E-state index in [1.807, 2.05) is 0 Å². The van der Waals surface area contributed by atoms with Gasteiger partial charge in [-0.3, -0.25) is 0 Å². The van der Waals surface area contributed by atoms with Gasteiger partial charge in [0, 0.05) is 0 Å². The summed E-state index contributed by atoms with van der Waals surface area (Å²) in [5.41, 5.74) is 0. The summed E-state index contributed by atoms with van der Waals surface area (Å²) in [5, 5.41) is 0. The van der Waals surface area contributed by atoms with Crippen LogP contribution in [-0.2, 0) is 0 Å². The van der Waals surface area contributed by atoms with Gasteiger partial charge in [0.05, 0.1) is 0 Å². The summed E-state index contributed by atoms with van der Waals surface area (Å²) in [6, 6.07) is 0. The van der Waals surface area contributed by atoms with Crippen LogP contribution in [0.2, 0.25) is 0 Å². The summed E-state index contributed by atoms with van der Waals surface area (Å²) in [5.74, 6) is 0.972. The Labute approximate surface area is 155 Å². The molecule has 0 fully saturated rings. The Morgan fingerprint density at radius 2 is 0.625 bits per heavy atom. The Kier molecular flexibility index (Phi) is 21.0. The molecule has 24 heavy (non-hydrogen) atoms. The summed E-state index contributed by atoms with van der Waals surface area (Å²) in [6.45, 7) is 7.08. The van der Waals surface area contributed by atoms with Gasteiger partial charge in [-0.25, -0.2) is 0 Å². The minimum atomic E-state index is 0.972. The maximum Gasteiger partial charge on any atom is -0.0443 e. The SMILES string of the molecule is CCCCCCCCCCCCCCC(C)CCCCCCCC. The van der Waals surface area contributed by atoms with Crippen molar-refractivity contribution >= 4 is 0 Å². The lowest BCUT2D eigenvalue weighted by atomic mass is 9.96. The minimum Gasteiger partial charge on any atom is -0.0654 e. The monoisotopic (exact) mass is 338 g/mol. The second-order valence-electron chi connectivity index (χ2n) is 8.34. The third-order valence-corrected chi connectivity index (χ3v) is 5.60. The average molecular weight is 339 g/mol. The molecule has 0 heterocycles. The van der Waals surface area contributed by atoms with Crippen molar-refractivity contribution in [3.63, 3.8) is 0 Å². The molecule has 146 valence electrons. The number of hydrogen-bond acceptors (Lipinski definition) is 0. The highest BCUT2D eigenvalue weighted by molar-refractivity contribution is 4.56. The highest BCUT2D eigenvalue weighted by Gasteiger charge is 2.02. The largest absolute Gasteiger partial charge is 0.0654 e. The van der Waals surface area contributed by atoms with E-state index >= 15 is 0 Å². The van der Waals surface area contributed by atoms with E-state index in [9.17, 15) is 0 Å². The predicted molar refractivity (Wildman–Crippen MR) is 113 cm³/mol. The van der Waals surface area contributed by atoms with Crippen molar-refractivity contribution in [2.45, 2.75) is 149 Å². The molecule has 0 aliphatic heterocycles. The summed E-state index contributed by atoms with van der Waals surface area (Å²) in [4.78, 5) is 0. The fraction of sp³-hybridized carbons (Fsp3) is 1.00. The smallest absolute Gasteiger partial charge is 0.0443 e. The van der Waals surface area contributed by atoms with Gasteiger partial charge >= 0.3 is 0 Å². The van der Waals surface area contributed by atoms with Crippen LogP contribution in [0.1, 0.15) is 149 Å². The van der Waals surface area contributed by atoms with Gasteiger partial charge in [0.2, 0.25) is 0 Å². The fourth-order valence-corrected chi connectivity index (χ4v) is 3.75. The average Bonchev–Trinajstić information content (AvgIpc) is 2.59. The van der Waals surface area contributed by atoms with Gasteiger partial charge in [0.1, 0.15) is 0 Å². The molecule has 0 N–H and O–H groups in total. The molecule has 0 aromatic carbocycles. The second kappa shape index (κ2) is 21.0. The zero-order chi connectivity index (χ0) is 17.7. The molecule has 0 saturated carbocycles. The van der Waals surface area contributed by atoms with Crippen molar-refractivity contribution in [2.75, 3.05) is 0 Å². The standard InChI is InChI=1S/C24H50/c1-4-6-8-10-12-13-14-15-16-17-19-21-23-24(3)22-20-18-11-9-7-5-2/h24H,4-23H2,1-3H3. The summed E-state index contributed by atoms with van der Waals surface area (Å²) in [7, 11) is 0. The molecule has 0 nitrogen and oxygen atoms in total. The van der Waals surface area contributed by atoms with Crippen LogP contribution < -0.4 is 0 Å². The molecule has 0 rings (SSSR count). The van der Waals surface area contributed by atoms with Crippen molar-refractivity contribution in [2.24, 2.45) is 5.92 Å². The number of rotatable bonds is 20. The third-order valence-electron chi connectivity index (χ3n) is 5.60. The third kappa shape index (κ3) is 20.0. The van der Waals surface area contributed by atoms with Crippen LogP contribution in [0.5, 0.6) is 0 Å². The lowest BCUT2D eigenvalue weighted by molar-refractivity contribution is 0.430. The summed E-state index contributed by atoms with van der Waals surface area (Å²) < 4.78 is 0. The van der Waals surface area contributed by atoms with Gasteiger partial charge in [-0.2, -0.15) is 0 Å². The van der Waals surface area contributed by atoms with Gasteiger partial charge in [0.15, 0.2) is 0 Å². The Morgan fingerprint density at radius 1 is 0.375 bits per heavy atom. The quantitative estimate of drug-likeness (QED) is 0.194. The van der Waals surface area contributed by atoms with Gasteiger partial charge in [-0.1, -0.05) is 149 Å². The maximum atomic E-state index is 2.48. The topological polar surface area (TPSA) is 0 Å². The van der Waals surface area contributed by atoms with E-state index < -0.39 is 0 Å². The van der Waals surface area contributed by atoms with Gasteiger partial charge in [0.25, 0.3) is 0 Å². The summed E-state index contributed by atoms with van der Waals surface area (Å²) >= 11 is 0. The normalized spacial score (nSPS) is 12.6. The molecular formula is C24H50. The van der Waals surface area contributed by atoms with Crippen LogP contribution in [0.4, 0.5) is 0 Å². The highest BCUT2D eigenvalue weighted by atomic mass is 14.1. The first-order chi connectivity index (χ1) is 11.8. The van der Waals surface area contributed by atoms with Crippen LogP contribution in [0.15, 0.2) is 0 Å². The molecule has 0 radical (unpaired) electrons.